The zero-order valence-electron chi connectivity index (χ0n) is 15.8. The van der Waals surface area contributed by atoms with Crippen LogP contribution in [0.2, 0.25) is 5.02 Å². The summed E-state index contributed by atoms with van der Waals surface area (Å²) in [4.78, 5) is 17.2. The second kappa shape index (κ2) is 9.08. The molecule has 1 amide bonds. The van der Waals surface area contributed by atoms with Gasteiger partial charge in [-0.25, -0.2) is 8.42 Å². The number of thiazole rings is 1. The van der Waals surface area contributed by atoms with Crippen LogP contribution in [0, 0.1) is 0 Å². The molecule has 0 aliphatic heterocycles. The third-order valence-electron chi connectivity index (χ3n) is 4.00. The number of carbonyl (C=O) groups is 1. The first kappa shape index (κ1) is 21.5. The average Bonchev–Trinajstić information content (AvgIpc) is 3.01. The summed E-state index contributed by atoms with van der Waals surface area (Å²) in [5.74, 6) is 0.0559. The van der Waals surface area contributed by atoms with Gasteiger partial charge in [-0.15, -0.1) is 0 Å². The number of carbonyl (C=O) groups excluding carboxylic acids is 1. The van der Waals surface area contributed by atoms with Crippen molar-refractivity contribution in [1.82, 2.24) is 4.57 Å². The van der Waals surface area contributed by atoms with E-state index in [1.807, 2.05) is 4.57 Å². The quantitative estimate of drug-likeness (QED) is 0.547. The maximum Gasteiger partial charge on any atom is 0.286 e. The fraction of sp³-hybridized carbons (Fsp3) is 0.263. The van der Waals surface area contributed by atoms with E-state index in [1.165, 1.54) is 11.3 Å². The molecule has 0 radical (unpaired) electrons. The number of halogens is 1. The fourth-order valence-corrected chi connectivity index (χ4v) is 4.54. The van der Waals surface area contributed by atoms with E-state index < -0.39 is 15.7 Å². The molecule has 0 saturated carbocycles. The summed E-state index contributed by atoms with van der Waals surface area (Å²) in [5.41, 5.74) is 0.782. The molecule has 2 aromatic carbocycles. The first-order valence-corrected chi connectivity index (χ1v) is 11.6. The zero-order valence-corrected chi connectivity index (χ0v) is 18.2. The Kier molecular flexibility index (Phi) is 6.74. The molecule has 3 aromatic rings. The van der Waals surface area contributed by atoms with Crippen molar-refractivity contribution < 1.29 is 22.7 Å². The summed E-state index contributed by atoms with van der Waals surface area (Å²) in [5, 5.41) is 0.575. The van der Waals surface area contributed by atoms with Gasteiger partial charge in [-0.1, -0.05) is 22.9 Å². The van der Waals surface area contributed by atoms with Crippen LogP contribution in [0.3, 0.4) is 0 Å². The molecule has 3 rings (SSSR count). The standard InChI is InChI=1S/C19H19ClN2O5S2/c1-26-10-9-22-16-8-7-15(29(2,24)25)11-17(16)28-19(22)21-18(23)12-27-14-5-3-13(20)4-6-14/h3-8,11H,9-10,12H2,1-2H3. The minimum atomic E-state index is -3.33. The van der Waals surface area contributed by atoms with E-state index in [0.717, 1.165) is 11.8 Å². The predicted octanol–water partition coefficient (Wildman–Crippen LogP) is 2.91. The van der Waals surface area contributed by atoms with Gasteiger partial charge in [-0.2, -0.15) is 4.99 Å². The van der Waals surface area contributed by atoms with Gasteiger partial charge in [0, 0.05) is 24.9 Å². The van der Waals surface area contributed by atoms with Crippen LogP contribution in [0.15, 0.2) is 52.4 Å². The number of methoxy groups -OCH3 is 1. The number of hydrogen-bond donors (Lipinski definition) is 0. The summed E-state index contributed by atoms with van der Waals surface area (Å²) < 4.78 is 36.8. The van der Waals surface area contributed by atoms with Crippen LogP contribution >= 0.6 is 22.9 Å². The largest absolute Gasteiger partial charge is 0.484 e. The van der Waals surface area contributed by atoms with Crippen LogP contribution in [-0.4, -0.2) is 45.5 Å². The lowest BCUT2D eigenvalue weighted by Gasteiger charge is -2.05. The van der Waals surface area contributed by atoms with E-state index in [1.54, 1.807) is 49.6 Å². The first-order chi connectivity index (χ1) is 13.8. The molecule has 0 fully saturated rings. The molecule has 7 nitrogen and oxygen atoms in total. The van der Waals surface area contributed by atoms with Gasteiger partial charge in [0.1, 0.15) is 5.75 Å². The minimum absolute atomic E-state index is 0.217. The third-order valence-corrected chi connectivity index (χ3v) is 6.40. The van der Waals surface area contributed by atoms with Crippen LogP contribution in [-0.2, 0) is 25.9 Å². The van der Waals surface area contributed by atoms with Crippen LogP contribution in [0.25, 0.3) is 10.2 Å². The SMILES string of the molecule is COCCn1c(=NC(=O)COc2ccc(Cl)cc2)sc2cc(S(C)(=O)=O)ccc21. The van der Waals surface area contributed by atoms with E-state index in [-0.39, 0.29) is 11.5 Å². The smallest absolute Gasteiger partial charge is 0.286 e. The lowest BCUT2D eigenvalue weighted by atomic mass is 10.3. The van der Waals surface area contributed by atoms with E-state index in [4.69, 9.17) is 21.1 Å². The van der Waals surface area contributed by atoms with Gasteiger partial charge < -0.3 is 14.0 Å². The molecule has 10 heteroatoms. The highest BCUT2D eigenvalue weighted by Crippen LogP contribution is 2.22. The number of rotatable bonds is 7. The van der Waals surface area contributed by atoms with Gasteiger partial charge in [0.25, 0.3) is 5.91 Å². The molecule has 1 aromatic heterocycles. The normalized spacial score (nSPS) is 12.4. The second-order valence-corrected chi connectivity index (χ2v) is 9.64. The maximum atomic E-state index is 12.3. The molecule has 0 unspecified atom stereocenters. The van der Waals surface area contributed by atoms with Crippen LogP contribution in [0.1, 0.15) is 0 Å². The Hall–Kier alpha value is -2.20. The highest BCUT2D eigenvalue weighted by atomic mass is 35.5. The van der Waals surface area contributed by atoms with Crippen molar-refractivity contribution in [3.05, 3.63) is 52.3 Å². The average molecular weight is 455 g/mol. The van der Waals surface area contributed by atoms with Crippen molar-refractivity contribution in [3.63, 3.8) is 0 Å². The van der Waals surface area contributed by atoms with Gasteiger partial charge in [0.2, 0.25) is 0 Å². The van der Waals surface area contributed by atoms with Gasteiger partial charge in [-0.3, -0.25) is 4.79 Å². The Labute approximate surface area is 177 Å². The summed E-state index contributed by atoms with van der Waals surface area (Å²) in [7, 11) is -1.75. The summed E-state index contributed by atoms with van der Waals surface area (Å²) in [6.07, 6.45) is 1.16. The van der Waals surface area contributed by atoms with Crippen molar-refractivity contribution >= 4 is 48.9 Å². The van der Waals surface area contributed by atoms with E-state index >= 15 is 0 Å². The molecule has 0 saturated heterocycles. The number of nitrogens with zero attached hydrogens (tertiary/aromatic N) is 2. The van der Waals surface area contributed by atoms with Gasteiger partial charge in [0.05, 0.1) is 21.7 Å². The van der Waals surface area contributed by atoms with Crippen molar-refractivity contribution in [2.75, 3.05) is 26.6 Å². The van der Waals surface area contributed by atoms with E-state index in [9.17, 15) is 13.2 Å². The van der Waals surface area contributed by atoms with Gasteiger partial charge in [0.15, 0.2) is 21.2 Å². The Morgan fingerprint density at radius 2 is 1.93 bits per heavy atom. The third kappa shape index (κ3) is 5.45. The second-order valence-electron chi connectivity index (χ2n) is 6.18. The Morgan fingerprint density at radius 3 is 2.59 bits per heavy atom. The summed E-state index contributed by atoms with van der Waals surface area (Å²) >= 11 is 7.07. The molecule has 0 bridgehead atoms. The Balaban J connectivity index is 1.92. The highest BCUT2D eigenvalue weighted by Gasteiger charge is 2.13. The fourth-order valence-electron chi connectivity index (χ4n) is 2.58. The van der Waals surface area contributed by atoms with Crippen molar-refractivity contribution in [3.8, 4) is 5.75 Å². The molecule has 0 atom stereocenters. The number of benzene rings is 2. The summed E-state index contributed by atoms with van der Waals surface area (Å²) in [6, 6.07) is 11.5. The minimum Gasteiger partial charge on any atom is -0.484 e. The molecular weight excluding hydrogens is 436 g/mol. The molecule has 0 N–H and O–H groups in total. The molecular formula is C19H19ClN2O5S2. The number of sulfone groups is 1. The lowest BCUT2D eigenvalue weighted by molar-refractivity contribution is -0.120. The van der Waals surface area contributed by atoms with E-state index in [2.05, 4.69) is 4.99 Å². The number of amides is 1. The Bertz CT molecular complexity index is 1200. The van der Waals surface area contributed by atoms with Crippen LogP contribution in [0.5, 0.6) is 5.75 Å². The number of aromatic nitrogens is 1. The monoisotopic (exact) mass is 454 g/mol. The molecule has 29 heavy (non-hydrogen) atoms. The molecule has 0 spiro atoms. The molecule has 0 aliphatic rings. The van der Waals surface area contributed by atoms with Crippen LogP contribution < -0.4 is 9.54 Å². The van der Waals surface area contributed by atoms with Crippen molar-refractivity contribution in [2.24, 2.45) is 4.99 Å². The predicted molar refractivity (Wildman–Crippen MR) is 112 cm³/mol. The summed E-state index contributed by atoms with van der Waals surface area (Å²) in [6.45, 7) is 0.663. The molecule has 1 heterocycles. The maximum absolute atomic E-state index is 12.3. The Morgan fingerprint density at radius 1 is 1.21 bits per heavy atom. The lowest BCUT2D eigenvalue weighted by Crippen LogP contribution is -2.21. The zero-order chi connectivity index (χ0) is 21.0. The molecule has 0 aliphatic carbocycles. The first-order valence-electron chi connectivity index (χ1n) is 8.56. The topological polar surface area (TPSA) is 87.0 Å². The molecule has 154 valence electrons. The van der Waals surface area contributed by atoms with Gasteiger partial charge in [-0.05, 0) is 42.5 Å². The number of hydrogen-bond acceptors (Lipinski definition) is 6. The van der Waals surface area contributed by atoms with Crippen molar-refractivity contribution in [2.45, 2.75) is 11.4 Å². The van der Waals surface area contributed by atoms with E-state index in [0.29, 0.717) is 33.4 Å². The van der Waals surface area contributed by atoms with Crippen molar-refractivity contribution in [1.29, 1.82) is 0 Å². The van der Waals surface area contributed by atoms with Crippen LogP contribution in [0.4, 0.5) is 0 Å². The van der Waals surface area contributed by atoms with Gasteiger partial charge >= 0.3 is 0 Å². The number of fused-ring (bicyclic) bond motifs is 1. The highest BCUT2D eigenvalue weighted by molar-refractivity contribution is 7.90. The number of ether oxygens (including phenoxy) is 2.